The van der Waals surface area contributed by atoms with E-state index in [1.54, 1.807) is 6.08 Å². The lowest BCUT2D eigenvalue weighted by Crippen LogP contribution is -2.18. The number of hydrogen-bond acceptors (Lipinski definition) is 2. The first-order chi connectivity index (χ1) is 7.22. The molecule has 0 atom stereocenters. The van der Waals surface area contributed by atoms with Gasteiger partial charge in [-0.25, -0.2) is 0 Å². The van der Waals surface area contributed by atoms with Gasteiger partial charge in [0.1, 0.15) is 0 Å². The fraction of sp³-hybridized carbons (Fsp3) is 0.308. The van der Waals surface area contributed by atoms with E-state index in [0.717, 1.165) is 18.1 Å². The van der Waals surface area contributed by atoms with Gasteiger partial charge >= 0.3 is 0 Å². The van der Waals surface area contributed by atoms with E-state index in [9.17, 15) is 9.90 Å². The van der Waals surface area contributed by atoms with Crippen molar-refractivity contribution >= 4 is 12.0 Å². The van der Waals surface area contributed by atoms with Gasteiger partial charge in [0.2, 0.25) is 0 Å². The first-order valence-electron chi connectivity index (χ1n) is 5.20. The molecule has 0 radical (unpaired) electrons. The summed E-state index contributed by atoms with van der Waals surface area (Å²) in [4.78, 5) is 10.2. The minimum atomic E-state index is -1.16. The monoisotopic (exact) mass is 203 g/mol. The van der Waals surface area contributed by atoms with Crippen LogP contribution in [0.3, 0.4) is 0 Å². The molecule has 1 rings (SSSR count). The average molecular weight is 203 g/mol. The summed E-state index contributed by atoms with van der Waals surface area (Å²) in [6, 6.07) is 7.91. The Balaban J connectivity index is 2.60. The summed E-state index contributed by atoms with van der Waals surface area (Å²) in [6.45, 7) is 2.16. The van der Waals surface area contributed by atoms with Crippen LogP contribution in [0.2, 0.25) is 0 Å². The molecule has 0 unspecified atom stereocenters. The second-order valence-corrected chi connectivity index (χ2v) is 3.50. The molecule has 2 heteroatoms. The van der Waals surface area contributed by atoms with Gasteiger partial charge in [-0.15, -0.1) is 0 Å². The largest absolute Gasteiger partial charge is 0.545 e. The van der Waals surface area contributed by atoms with Crippen LogP contribution in [-0.2, 0) is 11.2 Å². The van der Waals surface area contributed by atoms with E-state index in [1.165, 1.54) is 18.4 Å². The van der Waals surface area contributed by atoms with Crippen molar-refractivity contribution in [3.8, 4) is 0 Å². The molecule has 1 aromatic rings. The van der Waals surface area contributed by atoms with Crippen LogP contribution in [0.25, 0.3) is 6.08 Å². The molecule has 0 fully saturated rings. The number of rotatable bonds is 5. The minimum absolute atomic E-state index is 0.888. The van der Waals surface area contributed by atoms with Crippen molar-refractivity contribution in [2.45, 2.75) is 26.2 Å². The Hall–Kier alpha value is -1.57. The summed E-state index contributed by atoms with van der Waals surface area (Å²) in [6.07, 6.45) is 6.04. The summed E-state index contributed by atoms with van der Waals surface area (Å²) < 4.78 is 0. The smallest absolute Gasteiger partial charge is 0.0643 e. The van der Waals surface area contributed by atoms with Gasteiger partial charge in [0.05, 0.1) is 5.97 Å². The van der Waals surface area contributed by atoms with Gasteiger partial charge in [0.25, 0.3) is 0 Å². The molecule has 0 saturated heterocycles. The normalized spacial score (nSPS) is 10.7. The number of carbonyl (C=O) groups excluding carboxylic acids is 1. The third kappa shape index (κ3) is 4.45. The number of aryl methyl sites for hydroxylation is 1. The average Bonchev–Trinajstić information content (AvgIpc) is 2.25. The Morgan fingerprint density at radius 1 is 1.33 bits per heavy atom. The molecule has 1 aromatic carbocycles. The first kappa shape index (κ1) is 11.5. The van der Waals surface area contributed by atoms with Crippen LogP contribution in [0.1, 0.15) is 30.9 Å². The van der Waals surface area contributed by atoms with Crippen LogP contribution in [0.15, 0.2) is 30.3 Å². The molecule has 80 valence electrons. The maximum absolute atomic E-state index is 10.2. The molecule has 0 heterocycles. The minimum Gasteiger partial charge on any atom is -0.545 e. The molecule has 0 aromatic heterocycles. The first-order valence-corrected chi connectivity index (χ1v) is 5.20. The van der Waals surface area contributed by atoms with Gasteiger partial charge in [-0.2, -0.15) is 0 Å². The van der Waals surface area contributed by atoms with Crippen molar-refractivity contribution < 1.29 is 9.90 Å². The third-order valence-electron chi connectivity index (χ3n) is 2.21. The van der Waals surface area contributed by atoms with E-state index in [0.29, 0.717) is 0 Å². The molecule has 0 aliphatic heterocycles. The zero-order valence-corrected chi connectivity index (χ0v) is 8.90. The second kappa shape index (κ2) is 6.02. The lowest BCUT2D eigenvalue weighted by atomic mass is 10.1. The van der Waals surface area contributed by atoms with Crippen molar-refractivity contribution in [2.75, 3.05) is 0 Å². The molecular weight excluding hydrogens is 188 g/mol. The summed E-state index contributed by atoms with van der Waals surface area (Å²) in [7, 11) is 0. The van der Waals surface area contributed by atoms with E-state index < -0.39 is 5.97 Å². The number of carboxylic acid groups (broad SMARTS) is 1. The Bertz CT molecular complexity index is 336. The molecule has 0 saturated carbocycles. The van der Waals surface area contributed by atoms with Gasteiger partial charge < -0.3 is 9.90 Å². The van der Waals surface area contributed by atoms with Crippen molar-refractivity contribution in [3.63, 3.8) is 0 Å². The lowest BCUT2D eigenvalue weighted by Gasteiger charge is -2.00. The number of benzene rings is 1. The maximum atomic E-state index is 10.2. The van der Waals surface area contributed by atoms with E-state index in [4.69, 9.17) is 0 Å². The number of unbranched alkanes of at least 4 members (excludes halogenated alkanes) is 1. The van der Waals surface area contributed by atoms with E-state index in [-0.39, 0.29) is 0 Å². The van der Waals surface area contributed by atoms with Gasteiger partial charge in [0.15, 0.2) is 0 Å². The zero-order chi connectivity index (χ0) is 11.1. The predicted octanol–water partition coefficient (Wildman–Crippen LogP) is 1.79. The molecule has 0 amide bonds. The summed E-state index contributed by atoms with van der Waals surface area (Å²) >= 11 is 0. The zero-order valence-electron chi connectivity index (χ0n) is 8.90. The Kier molecular flexibility index (Phi) is 4.61. The van der Waals surface area contributed by atoms with E-state index >= 15 is 0 Å². The van der Waals surface area contributed by atoms with Crippen LogP contribution < -0.4 is 5.11 Å². The maximum Gasteiger partial charge on any atom is 0.0643 e. The Morgan fingerprint density at radius 2 is 2.00 bits per heavy atom. The standard InChI is InChI=1S/C13H16O2/c1-2-3-4-11-5-7-12(8-6-11)9-10-13(14)15/h5-10H,2-4H2,1H3,(H,14,15)/p-1/b10-9+. The Labute approximate surface area is 90.3 Å². The summed E-state index contributed by atoms with van der Waals surface area (Å²) in [5, 5.41) is 10.2. The fourth-order valence-corrected chi connectivity index (χ4v) is 1.34. The Morgan fingerprint density at radius 3 is 2.53 bits per heavy atom. The van der Waals surface area contributed by atoms with Crippen LogP contribution in [0, 0.1) is 0 Å². The highest BCUT2D eigenvalue weighted by molar-refractivity contribution is 5.83. The van der Waals surface area contributed by atoms with Crippen molar-refractivity contribution in [1.82, 2.24) is 0 Å². The van der Waals surface area contributed by atoms with Crippen LogP contribution in [0.5, 0.6) is 0 Å². The van der Waals surface area contributed by atoms with Crippen LogP contribution >= 0.6 is 0 Å². The van der Waals surface area contributed by atoms with E-state index in [2.05, 4.69) is 6.92 Å². The fourth-order valence-electron chi connectivity index (χ4n) is 1.34. The molecular formula is C13H15O2-. The molecule has 0 aliphatic rings. The van der Waals surface area contributed by atoms with Crippen molar-refractivity contribution in [1.29, 1.82) is 0 Å². The molecule has 0 N–H and O–H groups in total. The quantitative estimate of drug-likeness (QED) is 0.684. The highest BCUT2D eigenvalue weighted by Gasteiger charge is 1.91. The van der Waals surface area contributed by atoms with Crippen LogP contribution in [-0.4, -0.2) is 5.97 Å². The number of aliphatic carboxylic acids is 1. The summed E-state index contributed by atoms with van der Waals surface area (Å²) in [5.74, 6) is -1.16. The predicted molar refractivity (Wildman–Crippen MR) is 59.1 cm³/mol. The highest BCUT2D eigenvalue weighted by Crippen LogP contribution is 2.08. The van der Waals surface area contributed by atoms with Crippen LogP contribution in [0.4, 0.5) is 0 Å². The van der Waals surface area contributed by atoms with E-state index in [1.807, 2.05) is 24.3 Å². The van der Waals surface area contributed by atoms with Crippen molar-refractivity contribution in [3.05, 3.63) is 41.5 Å². The molecule has 0 spiro atoms. The molecule has 15 heavy (non-hydrogen) atoms. The van der Waals surface area contributed by atoms with Gasteiger partial charge in [-0.1, -0.05) is 43.7 Å². The topological polar surface area (TPSA) is 40.1 Å². The SMILES string of the molecule is CCCCc1ccc(/C=C/C(=O)[O-])cc1. The molecule has 2 nitrogen and oxygen atoms in total. The summed E-state index contributed by atoms with van der Waals surface area (Å²) in [5.41, 5.74) is 2.18. The number of carboxylic acids is 1. The number of hydrogen-bond donors (Lipinski definition) is 0. The van der Waals surface area contributed by atoms with Gasteiger partial charge in [0, 0.05) is 0 Å². The lowest BCUT2D eigenvalue weighted by molar-refractivity contribution is -0.297. The highest BCUT2D eigenvalue weighted by atomic mass is 16.4. The van der Waals surface area contributed by atoms with Gasteiger partial charge in [-0.05, 0) is 30.0 Å². The number of carbonyl (C=O) groups is 1. The van der Waals surface area contributed by atoms with Crippen molar-refractivity contribution in [2.24, 2.45) is 0 Å². The third-order valence-corrected chi connectivity index (χ3v) is 2.21. The molecule has 0 bridgehead atoms. The van der Waals surface area contributed by atoms with Gasteiger partial charge in [-0.3, -0.25) is 0 Å². The molecule has 0 aliphatic carbocycles. The second-order valence-electron chi connectivity index (χ2n) is 3.50.